The van der Waals surface area contributed by atoms with E-state index in [1.165, 1.54) is 12.4 Å². The first kappa shape index (κ1) is 15.8. The molecule has 0 spiro atoms. The van der Waals surface area contributed by atoms with Crippen molar-refractivity contribution in [3.8, 4) is 0 Å². The fourth-order valence-corrected chi connectivity index (χ4v) is 2.95. The first-order chi connectivity index (χ1) is 10.0. The van der Waals surface area contributed by atoms with Crippen LogP contribution in [0.25, 0.3) is 0 Å². The van der Waals surface area contributed by atoms with Crippen molar-refractivity contribution in [1.29, 1.82) is 0 Å². The van der Waals surface area contributed by atoms with Gasteiger partial charge in [0, 0.05) is 17.8 Å². The molecular weight excluding hydrogens is 312 g/mol. The Morgan fingerprint density at radius 1 is 1.24 bits per heavy atom. The maximum Gasteiger partial charge on any atom is 0.240 e. The smallest absolute Gasteiger partial charge is 0.240 e. The van der Waals surface area contributed by atoms with E-state index < -0.39 is 10.0 Å². The van der Waals surface area contributed by atoms with Crippen LogP contribution in [0.15, 0.2) is 41.7 Å². The molecule has 21 heavy (non-hydrogen) atoms. The molecule has 0 saturated carbocycles. The third-order valence-corrected chi connectivity index (χ3v) is 4.55. The Morgan fingerprint density at radius 3 is 2.71 bits per heavy atom. The van der Waals surface area contributed by atoms with Gasteiger partial charge in [0.15, 0.2) is 0 Å². The van der Waals surface area contributed by atoms with Crippen LogP contribution < -0.4 is 10.0 Å². The number of hydrogen-bond acceptors (Lipinski definition) is 5. The molecular formula is C13H15ClN4O2S. The Kier molecular flexibility index (Phi) is 5.24. The molecule has 6 nitrogen and oxygen atoms in total. The van der Waals surface area contributed by atoms with Crippen LogP contribution in [0.3, 0.4) is 0 Å². The second-order valence-corrected chi connectivity index (χ2v) is 6.48. The van der Waals surface area contributed by atoms with Gasteiger partial charge in [0.1, 0.15) is 6.33 Å². The zero-order chi connectivity index (χ0) is 15.3. The number of halogens is 1. The van der Waals surface area contributed by atoms with Gasteiger partial charge in [-0.2, -0.15) is 0 Å². The van der Waals surface area contributed by atoms with Crippen LogP contribution in [-0.4, -0.2) is 25.4 Å². The molecule has 0 amide bonds. The highest BCUT2D eigenvalue weighted by atomic mass is 35.5. The normalized spacial score (nSPS) is 11.5. The summed E-state index contributed by atoms with van der Waals surface area (Å²) in [5.41, 5.74) is 1.32. The predicted octanol–water partition coefficient (Wildman–Crippen LogP) is 1.33. The van der Waals surface area contributed by atoms with Gasteiger partial charge < -0.3 is 5.32 Å². The molecule has 1 aromatic heterocycles. The number of aromatic nitrogens is 2. The molecule has 0 aliphatic rings. The Labute approximate surface area is 128 Å². The molecule has 0 atom stereocenters. The Balaban J connectivity index is 2.17. The lowest BCUT2D eigenvalue weighted by atomic mass is 10.2. The van der Waals surface area contributed by atoms with E-state index in [0.29, 0.717) is 17.3 Å². The summed E-state index contributed by atoms with van der Waals surface area (Å²) >= 11 is 6.03. The minimum atomic E-state index is -3.61. The van der Waals surface area contributed by atoms with E-state index in [2.05, 4.69) is 20.0 Å². The van der Waals surface area contributed by atoms with Gasteiger partial charge >= 0.3 is 0 Å². The van der Waals surface area contributed by atoms with E-state index in [1.807, 2.05) is 0 Å². The molecule has 0 saturated heterocycles. The van der Waals surface area contributed by atoms with Crippen molar-refractivity contribution in [3.05, 3.63) is 53.1 Å². The topological polar surface area (TPSA) is 84.0 Å². The summed E-state index contributed by atoms with van der Waals surface area (Å²) in [4.78, 5) is 7.92. The van der Waals surface area contributed by atoms with Crippen LogP contribution in [0.5, 0.6) is 0 Å². The van der Waals surface area contributed by atoms with Crippen molar-refractivity contribution in [2.75, 3.05) is 7.05 Å². The predicted molar refractivity (Wildman–Crippen MR) is 80.3 cm³/mol. The van der Waals surface area contributed by atoms with Crippen molar-refractivity contribution >= 4 is 21.6 Å². The van der Waals surface area contributed by atoms with Crippen molar-refractivity contribution in [3.63, 3.8) is 0 Å². The number of nitrogens with one attached hydrogen (secondary N) is 2. The average Bonchev–Trinajstić information content (AvgIpc) is 2.49. The van der Waals surface area contributed by atoms with Crippen LogP contribution in [-0.2, 0) is 23.1 Å². The first-order valence-electron chi connectivity index (χ1n) is 6.20. The quantitative estimate of drug-likeness (QED) is 0.836. The molecule has 0 unspecified atom stereocenters. The third-order valence-electron chi connectivity index (χ3n) is 2.78. The van der Waals surface area contributed by atoms with Gasteiger partial charge in [0.25, 0.3) is 0 Å². The Morgan fingerprint density at radius 2 is 2.05 bits per heavy atom. The molecule has 2 rings (SSSR count). The van der Waals surface area contributed by atoms with Crippen molar-refractivity contribution in [1.82, 2.24) is 20.0 Å². The van der Waals surface area contributed by atoms with Gasteiger partial charge in [0.05, 0.1) is 17.1 Å². The molecule has 0 aliphatic carbocycles. The van der Waals surface area contributed by atoms with E-state index in [1.54, 1.807) is 31.4 Å². The molecule has 1 aromatic carbocycles. The molecule has 112 valence electrons. The van der Waals surface area contributed by atoms with Crippen molar-refractivity contribution in [2.45, 2.75) is 18.0 Å². The number of benzene rings is 1. The summed E-state index contributed by atoms with van der Waals surface area (Å²) in [6, 6.07) is 6.26. The van der Waals surface area contributed by atoms with Gasteiger partial charge in [-0.05, 0) is 36.9 Å². The minimum Gasteiger partial charge on any atom is -0.316 e. The minimum absolute atomic E-state index is 0.106. The standard InChI is InChI=1S/C13H15ClN4O2S/c1-15-7-10-6-12(2-3-13(10)14)21(19,20)18-8-11-4-5-16-9-17-11/h2-6,9,15,18H,7-8H2,1H3. The fourth-order valence-electron chi connectivity index (χ4n) is 1.72. The molecule has 0 aliphatic heterocycles. The van der Waals surface area contributed by atoms with Crippen LogP contribution >= 0.6 is 11.6 Å². The first-order valence-corrected chi connectivity index (χ1v) is 8.06. The Hall–Kier alpha value is -1.54. The van der Waals surface area contributed by atoms with E-state index in [-0.39, 0.29) is 11.4 Å². The van der Waals surface area contributed by atoms with Crippen LogP contribution in [0.4, 0.5) is 0 Å². The zero-order valence-electron chi connectivity index (χ0n) is 11.4. The summed E-state index contributed by atoms with van der Waals surface area (Å²) in [7, 11) is -1.84. The SMILES string of the molecule is CNCc1cc(S(=O)(=O)NCc2ccncn2)ccc1Cl. The summed E-state index contributed by atoms with van der Waals surface area (Å²) in [5, 5.41) is 3.47. The lowest BCUT2D eigenvalue weighted by Crippen LogP contribution is -2.24. The summed E-state index contributed by atoms with van der Waals surface area (Å²) in [6.07, 6.45) is 2.93. The maximum absolute atomic E-state index is 12.3. The second-order valence-electron chi connectivity index (χ2n) is 4.31. The third kappa shape index (κ3) is 4.21. The molecule has 1 heterocycles. The van der Waals surface area contributed by atoms with Gasteiger partial charge in [-0.25, -0.2) is 23.1 Å². The summed E-state index contributed by atoms with van der Waals surface area (Å²) < 4.78 is 27.0. The van der Waals surface area contributed by atoms with Gasteiger partial charge in [-0.3, -0.25) is 0 Å². The van der Waals surface area contributed by atoms with Crippen molar-refractivity contribution < 1.29 is 8.42 Å². The molecule has 2 N–H and O–H groups in total. The monoisotopic (exact) mass is 326 g/mol. The zero-order valence-corrected chi connectivity index (χ0v) is 12.9. The summed E-state index contributed by atoms with van der Waals surface area (Å²) in [6.45, 7) is 0.600. The van der Waals surface area contributed by atoms with Crippen LogP contribution in [0.2, 0.25) is 5.02 Å². The van der Waals surface area contributed by atoms with Gasteiger partial charge in [-0.1, -0.05) is 11.6 Å². The highest BCUT2D eigenvalue weighted by Crippen LogP contribution is 2.20. The molecule has 2 aromatic rings. The lowest BCUT2D eigenvalue weighted by Gasteiger charge is -2.09. The van der Waals surface area contributed by atoms with E-state index in [4.69, 9.17) is 11.6 Å². The van der Waals surface area contributed by atoms with Gasteiger partial charge in [-0.15, -0.1) is 0 Å². The lowest BCUT2D eigenvalue weighted by molar-refractivity contribution is 0.580. The summed E-state index contributed by atoms with van der Waals surface area (Å²) in [5.74, 6) is 0. The Bertz CT molecular complexity index is 707. The van der Waals surface area contributed by atoms with Gasteiger partial charge in [0.2, 0.25) is 10.0 Å². The fraction of sp³-hybridized carbons (Fsp3) is 0.231. The largest absolute Gasteiger partial charge is 0.316 e. The second kappa shape index (κ2) is 6.95. The molecule has 8 heteroatoms. The maximum atomic E-state index is 12.3. The number of nitrogens with zero attached hydrogens (tertiary/aromatic N) is 2. The molecule has 0 radical (unpaired) electrons. The van der Waals surface area contributed by atoms with Crippen LogP contribution in [0.1, 0.15) is 11.3 Å². The number of rotatable bonds is 6. The number of sulfonamides is 1. The van der Waals surface area contributed by atoms with E-state index >= 15 is 0 Å². The van der Waals surface area contributed by atoms with E-state index in [0.717, 1.165) is 5.56 Å². The van der Waals surface area contributed by atoms with Crippen molar-refractivity contribution in [2.24, 2.45) is 0 Å². The molecule has 0 bridgehead atoms. The number of hydrogen-bond donors (Lipinski definition) is 2. The highest BCUT2D eigenvalue weighted by molar-refractivity contribution is 7.89. The average molecular weight is 327 g/mol. The van der Waals surface area contributed by atoms with Crippen LogP contribution in [0, 0.1) is 0 Å². The van der Waals surface area contributed by atoms with E-state index in [9.17, 15) is 8.42 Å². The highest BCUT2D eigenvalue weighted by Gasteiger charge is 2.15. The molecule has 0 fully saturated rings.